The number of rotatable bonds is 8. The molecule has 1 amide bonds. The molecule has 1 N–H and O–H groups in total. The summed E-state index contributed by atoms with van der Waals surface area (Å²) >= 11 is 0. The fourth-order valence-corrected chi connectivity index (χ4v) is 3.59. The van der Waals surface area contributed by atoms with Crippen molar-refractivity contribution < 1.29 is 13.2 Å². The molecule has 0 bridgehead atoms. The summed E-state index contributed by atoms with van der Waals surface area (Å²) in [6, 6.07) is 16.3. The van der Waals surface area contributed by atoms with Crippen LogP contribution in [-0.2, 0) is 16.4 Å². The number of amides is 1. The molecule has 0 heterocycles. The Morgan fingerprint density at radius 2 is 1.67 bits per heavy atom. The van der Waals surface area contributed by atoms with E-state index in [0.29, 0.717) is 12.1 Å². The molecular weight excluding hydrogens is 362 g/mol. The molecule has 0 unspecified atom stereocenters. The van der Waals surface area contributed by atoms with E-state index in [9.17, 15) is 13.2 Å². The van der Waals surface area contributed by atoms with Crippen LogP contribution >= 0.6 is 0 Å². The van der Waals surface area contributed by atoms with Gasteiger partial charge in [0.05, 0.1) is 4.90 Å². The van der Waals surface area contributed by atoms with E-state index in [4.69, 9.17) is 0 Å². The summed E-state index contributed by atoms with van der Waals surface area (Å²) in [5.74, 6) is -0.286. The fraction of sp³-hybridized carbons (Fsp3) is 0.350. The first-order valence-corrected chi connectivity index (χ1v) is 10.2. The average Bonchev–Trinajstić information content (AvgIpc) is 2.65. The van der Waals surface area contributed by atoms with Crippen LogP contribution in [0.1, 0.15) is 15.9 Å². The average molecular weight is 390 g/mol. The number of nitrogens with one attached hydrogen (secondary N) is 1. The maximum Gasteiger partial charge on any atom is 0.251 e. The maximum absolute atomic E-state index is 12.5. The molecule has 27 heavy (non-hydrogen) atoms. The molecular formula is C20H27N3O3S. The second-order valence-corrected chi connectivity index (χ2v) is 8.98. The first-order valence-electron chi connectivity index (χ1n) is 8.73. The Morgan fingerprint density at radius 1 is 1.00 bits per heavy atom. The van der Waals surface area contributed by atoms with E-state index in [1.807, 2.05) is 32.3 Å². The molecule has 2 aromatic rings. The highest BCUT2D eigenvalue weighted by Gasteiger charge is 2.19. The van der Waals surface area contributed by atoms with Gasteiger partial charge < -0.3 is 10.2 Å². The minimum Gasteiger partial charge on any atom is -0.350 e. The van der Waals surface area contributed by atoms with Gasteiger partial charge in [0.15, 0.2) is 0 Å². The van der Waals surface area contributed by atoms with E-state index in [1.54, 1.807) is 12.1 Å². The van der Waals surface area contributed by atoms with Gasteiger partial charge in [-0.05, 0) is 44.3 Å². The first-order chi connectivity index (χ1) is 12.7. The lowest BCUT2D eigenvalue weighted by Gasteiger charge is -2.25. The number of sulfonamides is 1. The highest BCUT2D eigenvalue weighted by atomic mass is 32.2. The molecule has 146 valence electrons. The Balaban J connectivity index is 2.08. The third kappa shape index (κ3) is 5.63. The molecule has 7 heteroatoms. The van der Waals surface area contributed by atoms with Gasteiger partial charge in [0.2, 0.25) is 10.0 Å². The minimum absolute atomic E-state index is 0.105. The normalized spacial score (nSPS) is 13.0. The van der Waals surface area contributed by atoms with Crippen LogP contribution in [0.15, 0.2) is 59.5 Å². The molecule has 0 aliphatic carbocycles. The molecule has 0 saturated heterocycles. The van der Waals surface area contributed by atoms with Crippen LogP contribution in [0.5, 0.6) is 0 Å². The van der Waals surface area contributed by atoms with Crippen LogP contribution in [-0.4, -0.2) is 64.3 Å². The van der Waals surface area contributed by atoms with Gasteiger partial charge in [-0.25, -0.2) is 12.7 Å². The van der Waals surface area contributed by atoms with Gasteiger partial charge in [-0.2, -0.15) is 0 Å². The van der Waals surface area contributed by atoms with Crippen LogP contribution in [0, 0.1) is 0 Å². The number of nitrogens with zero attached hydrogens (tertiary/aromatic N) is 2. The third-order valence-electron chi connectivity index (χ3n) is 4.42. The lowest BCUT2D eigenvalue weighted by atomic mass is 10.1. The van der Waals surface area contributed by atoms with Crippen LogP contribution in [0.3, 0.4) is 0 Å². The number of hydrogen-bond donors (Lipinski definition) is 1. The molecule has 2 rings (SSSR count). The largest absolute Gasteiger partial charge is 0.350 e. The van der Waals surface area contributed by atoms with Crippen molar-refractivity contribution in [2.24, 2.45) is 0 Å². The summed E-state index contributed by atoms with van der Waals surface area (Å²) in [6.07, 6.45) is 0.809. The van der Waals surface area contributed by atoms with Gasteiger partial charge in [0.25, 0.3) is 5.91 Å². The van der Waals surface area contributed by atoms with E-state index >= 15 is 0 Å². The van der Waals surface area contributed by atoms with Gasteiger partial charge in [0.1, 0.15) is 0 Å². The number of likely N-dealkylation sites (N-methyl/N-ethyl adjacent to an activating group) is 1. The molecule has 2 aromatic carbocycles. The van der Waals surface area contributed by atoms with Gasteiger partial charge in [-0.1, -0.05) is 36.4 Å². The summed E-state index contributed by atoms with van der Waals surface area (Å²) in [7, 11) is 3.31. The van der Waals surface area contributed by atoms with E-state index in [-0.39, 0.29) is 16.8 Å². The topological polar surface area (TPSA) is 69.7 Å². The summed E-state index contributed by atoms with van der Waals surface area (Å²) in [6.45, 7) is 0.464. The first kappa shape index (κ1) is 21.1. The zero-order chi connectivity index (χ0) is 20.0. The molecule has 0 aliphatic heterocycles. The molecule has 6 nitrogen and oxygen atoms in total. The lowest BCUT2D eigenvalue weighted by molar-refractivity contribution is 0.0941. The fourth-order valence-electron chi connectivity index (χ4n) is 2.64. The zero-order valence-corrected chi connectivity index (χ0v) is 17.0. The van der Waals surface area contributed by atoms with Crippen molar-refractivity contribution in [1.82, 2.24) is 14.5 Å². The van der Waals surface area contributed by atoms with Crippen molar-refractivity contribution in [3.63, 3.8) is 0 Å². The molecule has 0 spiro atoms. The predicted octanol–water partition coefficient (Wildman–Crippen LogP) is 1.84. The summed E-state index contributed by atoms with van der Waals surface area (Å²) in [4.78, 5) is 14.7. The van der Waals surface area contributed by atoms with Crippen molar-refractivity contribution in [1.29, 1.82) is 0 Å². The Morgan fingerprint density at radius 3 is 2.26 bits per heavy atom. The molecule has 0 saturated carbocycles. The quantitative estimate of drug-likeness (QED) is 0.748. The van der Waals surface area contributed by atoms with Gasteiger partial charge in [-0.3, -0.25) is 4.79 Å². The number of benzene rings is 2. The van der Waals surface area contributed by atoms with E-state index < -0.39 is 10.0 Å². The van der Waals surface area contributed by atoms with E-state index in [0.717, 1.165) is 10.7 Å². The smallest absolute Gasteiger partial charge is 0.251 e. The van der Waals surface area contributed by atoms with Gasteiger partial charge in [-0.15, -0.1) is 0 Å². The van der Waals surface area contributed by atoms with Gasteiger partial charge >= 0.3 is 0 Å². The molecule has 0 radical (unpaired) electrons. The third-order valence-corrected chi connectivity index (χ3v) is 6.23. The maximum atomic E-state index is 12.5. The van der Waals surface area contributed by atoms with Crippen LogP contribution in [0.2, 0.25) is 0 Å². The second-order valence-electron chi connectivity index (χ2n) is 6.83. The van der Waals surface area contributed by atoms with E-state index in [2.05, 4.69) is 22.3 Å². The molecule has 0 fully saturated rings. The lowest BCUT2D eigenvalue weighted by Crippen LogP contribution is -2.41. The van der Waals surface area contributed by atoms with Crippen molar-refractivity contribution >= 4 is 15.9 Å². The number of carbonyl (C=O) groups is 1. The number of hydrogen-bond acceptors (Lipinski definition) is 4. The summed E-state index contributed by atoms with van der Waals surface area (Å²) < 4.78 is 25.6. The monoisotopic (exact) mass is 389 g/mol. The van der Waals surface area contributed by atoms with Crippen molar-refractivity contribution in [3.05, 3.63) is 65.7 Å². The van der Waals surface area contributed by atoms with Crippen molar-refractivity contribution in [3.8, 4) is 0 Å². The molecule has 1 atom stereocenters. The highest BCUT2D eigenvalue weighted by Crippen LogP contribution is 2.15. The van der Waals surface area contributed by atoms with Crippen molar-refractivity contribution in [2.45, 2.75) is 17.4 Å². The van der Waals surface area contributed by atoms with Crippen LogP contribution < -0.4 is 5.32 Å². The summed E-state index contributed by atoms with van der Waals surface area (Å²) in [5, 5.41) is 2.92. The predicted molar refractivity (Wildman–Crippen MR) is 107 cm³/mol. The van der Waals surface area contributed by atoms with Crippen molar-refractivity contribution in [2.75, 3.05) is 34.7 Å². The van der Waals surface area contributed by atoms with Crippen LogP contribution in [0.25, 0.3) is 0 Å². The molecule has 0 aromatic heterocycles. The minimum atomic E-state index is -3.57. The Kier molecular flexibility index (Phi) is 7.12. The van der Waals surface area contributed by atoms with Gasteiger partial charge in [0, 0.05) is 32.2 Å². The second kappa shape index (κ2) is 9.12. The molecule has 0 aliphatic rings. The summed E-state index contributed by atoms with van der Waals surface area (Å²) in [5.41, 5.74) is 1.53. The Labute approximate surface area is 161 Å². The zero-order valence-electron chi connectivity index (χ0n) is 16.2. The SMILES string of the molecule is CN(C)[C@H](CNC(=O)c1cccc(S(=O)(=O)N(C)C)c1)Cc1ccccc1. The van der Waals surface area contributed by atoms with E-state index in [1.165, 1.54) is 31.8 Å². The highest BCUT2D eigenvalue weighted by molar-refractivity contribution is 7.89. The number of carbonyl (C=O) groups excluding carboxylic acids is 1. The Bertz CT molecular complexity index is 865. The Hall–Kier alpha value is -2.22. The van der Waals surface area contributed by atoms with Crippen LogP contribution in [0.4, 0.5) is 0 Å². The standard InChI is InChI=1S/C20H27N3O3S/c1-22(2)18(13-16-9-6-5-7-10-16)15-21-20(24)17-11-8-12-19(14-17)27(25,26)23(3)4/h5-12,14,18H,13,15H2,1-4H3,(H,21,24)/t18-/m0/s1.